The molecule has 2 fully saturated rings. The summed E-state index contributed by atoms with van der Waals surface area (Å²) in [7, 11) is 6.00. The van der Waals surface area contributed by atoms with Gasteiger partial charge in [-0.25, -0.2) is 4.79 Å². The number of aromatic amines is 1. The van der Waals surface area contributed by atoms with Crippen molar-refractivity contribution in [2.75, 3.05) is 59.5 Å². The van der Waals surface area contributed by atoms with Crippen LogP contribution in [0.3, 0.4) is 0 Å². The van der Waals surface area contributed by atoms with E-state index in [2.05, 4.69) is 29.0 Å². The predicted octanol–water partition coefficient (Wildman–Crippen LogP) is 4.77. The number of carbonyl (C=O) groups is 3. The summed E-state index contributed by atoms with van der Waals surface area (Å²) in [5.41, 5.74) is -0.361. The number of methoxy groups -OCH3 is 3. The zero-order valence-corrected chi connectivity index (χ0v) is 34.4. The Hall–Kier alpha value is -4.69. The summed E-state index contributed by atoms with van der Waals surface area (Å²) in [5.74, 6) is -1.68. The maximum Gasteiger partial charge on any atom is 0.344 e. The van der Waals surface area contributed by atoms with Gasteiger partial charge in [0.1, 0.15) is 17.2 Å². The smallest absolute Gasteiger partial charge is 0.344 e. The minimum Gasteiger partial charge on any atom is -0.632 e. The normalized spacial score (nSPS) is 36.7. The fourth-order valence-corrected chi connectivity index (χ4v) is 13.1. The molecule has 308 valence electrons. The molecule has 1 saturated carbocycles. The van der Waals surface area contributed by atoms with Crippen molar-refractivity contribution < 1.29 is 43.1 Å². The highest BCUT2D eigenvalue weighted by atomic mass is 16.6. The minimum atomic E-state index is -2.41. The van der Waals surface area contributed by atoms with Crippen molar-refractivity contribution in [1.82, 2.24) is 9.88 Å². The lowest BCUT2D eigenvalue weighted by Gasteiger charge is -2.65. The Morgan fingerprint density at radius 1 is 1.05 bits per heavy atom. The largest absolute Gasteiger partial charge is 0.632 e. The molecule has 5 aliphatic heterocycles. The van der Waals surface area contributed by atoms with Crippen molar-refractivity contribution in [3.05, 3.63) is 87.8 Å². The Morgan fingerprint density at radius 3 is 2.50 bits per heavy atom. The van der Waals surface area contributed by atoms with Crippen molar-refractivity contribution in [1.29, 1.82) is 0 Å². The van der Waals surface area contributed by atoms with Crippen LogP contribution < -0.4 is 9.64 Å². The summed E-state index contributed by atoms with van der Waals surface area (Å²) >= 11 is 0. The second-order valence-corrected chi connectivity index (χ2v) is 17.5. The van der Waals surface area contributed by atoms with Crippen molar-refractivity contribution in [2.24, 2.45) is 11.3 Å². The van der Waals surface area contributed by atoms with Crippen LogP contribution in [0.25, 0.3) is 10.9 Å². The van der Waals surface area contributed by atoms with Crippen LogP contribution >= 0.6 is 0 Å². The highest BCUT2D eigenvalue weighted by Gasteiger charge is 2.83. The summed E-state index contributed by atoms with van der Waals surface area (Å²) in [5, 5.41) is 29.8. The van der Waals surface area contributed by atoms with E-state index in [1.54, 1.807) is 14.2 Å². The van der Waals surface area contributed by atoms with E-state index in [0.29, 0.717) is 42.8 Å². The molecule has 9 rings (SSSR count). The lowest BCUT2D eigenvalue weighted by molar-refractivity contribution is -0.900. The van der Waals surface area contributed by atoms with Crippen LogP contribution in [0.4, 0.5) is 5.69 Å². The Bertz CT molecular complexity index is 2300. The quantitative estimate of drug-likeness (QED) is 0.112. The van der Waals surface area contributed by atoms with Gasteiger partial charge >= 0.3 is 17.9 Å². The number of nitrogens with one attached hydrogen (secondary N) is 1. The zero-order valence-electron chi connectivity index (χ0n) is 34.4. The van der Waals surface area contributed by atoms with Crippen molar-refractivity contribution >= 4 is 34.5 Å². The van der Waals surface area contributed by atoms with Gasteiger partial charge in [-0.2, -0.15) is 0 Å². The number of carbonyl (C=O) groups excluding carboxylic acids is 3. The van der Waals surface area contributed by atoms with Crippen molar-refractivity contribution in [3.63, 3.8) is 0 Å². The van der Waals surface area contributed by atoms with E-state index in [-0.39, 0.29) is 19.0 Å². The lowest BCUT2D eigenvalue weighted by atomic mass is 9.47. The van der Waals surface area contributed by atoms with Crippen LogP contribution in [0.2, 0.25) is 0 Å². The summed E-state index contributed by atoms with van der Waals surface area (Å²) < 4.78 is 23.1. The molecule has 3 aromatic rings. The first kappa shape index (κ1) is 38.8. The summed E-state index contributed by atoms with van der Waals surface area (Å²) in [6, 6.07) is 10.1. The number of H-pyrrole nitrogens is 1. The number of aliphatic hydroxyl groups is 1. The zero-order chi connectivity index (χ0) is 41.2. The number of hydrogen-bond donors (Lipinski definition) is 2. The number of benzene rings is 2. The molecule has 13 heteroatoms. The average Bonchev–Trinajstić information content (AvgIpc) is 3.83. The van der Waals surface area contributed by atoms with Gasteiger partial charge in [0.05, 0.1) is 51.3 Å². The van der Waals surface area contributed by atoms with Gasteiger partial charge in [-0.15, -0.1) is 0 Å². The third-order valence-electron chi connectivity index (χ3n) is 15.0. The first-order valence-electron chi connectivity index (χ1n) is 20.5. The van der Waals surface area contributed by atoms with Crippen LogP contribution in [0.15, 0.2) is 60.2 Å². The van der Waals surface area contributed by atoms with E-state index in [0.717, 1.165) is 47.2 Å². The number of para-hydroxylation sites is 1. The van der Waals surface area contributed by atoms with E-state index in [1.807, 2.05) is 54.3 Å². The number of anilines is 1. The summed E-state index contributed by atoms with van der Waals surface area (Å²) in [6.07, 6.45) is 6.45. The first-order chi connectivity index (χ1) is 27.7. The Kier molecular flexibility index (Phi) is 8.80. The number of likely N-dealkylation sites (N-methyl/N-ethyl adjacent to an activating group) is 1. The number of aromatic nitrogens is 1. The van der Waals surface area contributed by atoms with E-state index in [1.165, 1.54) is 26.7 Å². The maximum absolute atomic E-state index is 15.5. The molecule has 1 spiro atoms. The van der Waals surface area contributed by atoms with Crippen LogP contribution in [0.5, 0.6) is 5.75 Å². The first-order valence-corrected chi connectivity index (χ1v) is 20.5. The minimum absolute atomic E-state index is 0.0221. The molecule has 2 aromatic carbocycles. The number of fused-ring (bicyclic) bond motifs is 6. The van der Waals surface area contributed by atoms with Crippen LogP contribution in [-0.2, 0) is 46.0 Å². The van der Waals surface area contributed by atoms with Crippen molar-refractivity contribution in [2.45, 2.75) is 87.6 Å². The molecule has 6 aliphatic rings. The van der Waals surface area contributed by atoms with Gasteiger partial charge in [0.15, 0.2) is 6.10 Å². The number of ether oxygens (including phenoxy) is 4. The Balaban J connectivity index is 1.38. The fourth-order valence-electron chi connectivity index (χ4n) is 13.1. The monoisotopic (exact) mass is 794 g/mol. The maximum atomic E-state index is 15.5. The SMILES string of the molecule is CCC1=CC2CN(C1)Cc1c([nH]c3ccccc13)[C@@](C(=O)OC)(c1cc3c(cc1OC)N(C)[C@H]1[C@@](O)(C(=O)OC)[C@H](OC(C)=O)[C@]4(CC)C=CC[N+]5([O-])CC[C@]31[C@H]45)C2. The molecule has 1 saturated heterocycles. The molecule has 2 N–H and O–H groups in total. The average molecular weight is 795 g/mol. The molecule has 1 aliphatic carbocycles. The number of rotatable bonds is 7. The molecule has 0 amide bonds. The lowest BCUT2D eigenvalue weighted by Crippen LogP contribution is -2.83. The summed E-state index contributed by atoms with van der Waals surface area (Å²) in [6.45, 7) is 7.90. The van der Waals surface area contributed by atoms with Gasteiger partial charge in [0.25, 0.3) is 0 Å². The highest BCUT2D eigenvalue weighted by Crippen LogP contribution is 2.69. The topological polar surface area (TPSA) is 154 Å². The van der Waals surface area contributed by atoms with E-state index in [4.69, 9.17) is 18.9 Å². The second-order valence-electron chi connectivity index (χ2n) is 17.5. The summed E-state index contributed by atoms with van der Waals surface area (Å²) in [4.78, 5) is 50.5. The number of hydroxylamine groups is 3. The molecule has 3 unspecified atom stereocenters. The molecule has 0 radical (unpaired) electrons. The molecule has 2 bridgehead atoms. The van der Waals surface area contributed by atoms with E-state index < -0.39 is 62.6 Å². The molecule has 58 heavy (non-hydrogen) atoms. The number of esters is 3. The Morgan fingerprint density at radius 2 is 1.81 bits per heavy atom. The van der Waals surface area contributed by atoms with E-state index >= 15 is 10.0 Å². The fraction of sp³-hybridized carbons (Fsp3) is 0.533. The molecule has 10 atom stereocenters. The molecule has 1 aromatic heterocycles. The standard InChI is InChI=1S/C45H54N4O9/c1-8-27-19-28-22-44(40(51)56-6,36-30(25-48(23-27)24-28)29-13-10-11-14-33(29)46-36)32-20-31-34(21-35(32)55-5)47(4)37-43(31)16-18-49(54)17-12-15-42(9-2,38(43)49)39(58-26(3)50)45(37,53)41(52)57-7/h10-15,19-21,28,37-39,46,53H,8-9,16-18,22-25H2,1-7H3/t28?,37-,38+,39-,42-,43+,44+,45+,49?/m1/s1. The molecular formula is C45H54N4O9. The van der Waals surface area contributed by atoms with Gasteiger partial charge in [0.2, 0.25) is 5.60 Å². The van der Waals surface area contributed by atoms with Crippen LogP contribution in [-0.4, -0.2) is 116 Å². The van der Waals surface area contributed by atoms with E-state index in [9.17, 15) is 14.7 Å². The van der Waals surface area contributed by atoms with Gasteiger partial charge in [-0.05, 0) is 54.5 Å². The predicted molar refractivity (Wildman–Crippen MR) is 216 cm³/mol. The Labute approximate surface area is 338 Å². The third kappa shape index (κ3) is 4.75. The number of hydrogen-bond acceptors (Lipinski definition) is 11. The number of nitrogens with zero attached hydrogens (tertiary/aromatic N) is 3. The molecular weight excluding hydrogens is 741 g/mol. The highest BCUT2D eigenvalue weighted by molar-refractivity contribution is 5.95. The van der Waals surface area contributed by atoms with Gasteiger partial charge < -0.3 is 43.8 Å². The second kappa shape index (κ2) is 13.2. The third-order valence-corrected chi connectivity index (χ3v) is 15.0. The van der Waals surface area contributed by atoms with Gasteiger partial charge in [0, 0.05) is 73.9 Å². The van der Waals surface area contributed by atoms with Gasteiger partial charge in [-0.3, -0.25) is 14.5 Å². The number of quaternary nitrogens is 1. The van der Waals surface area contributed by atoms with Crippen LogP contribution in [0.1, 0.15) is 68.8 Å². The van der Waals surface area contributed by atoms with Crippen LogP contribution in [0, 0.1) is 16.5 Å². The molecule has 6 heterocycles. The van der Waals surface area contributed by atoms with Crippen molar-refractivity contribution in [3.8, 4) is 5.75 Å². The molecule has 13 nitrogen and oxygen atoms in total. The van der Waals surface area contributed by atoms with Gasteiger partial charge in [-0.1, -0.05) is 49.8 Å².